The Morgan fingerprint density at radius 3 is 2.09 bits per heavy atom. The number of carbonyl (C=O) groups excluding carboxylic acids is 3. The molecule has 2 aliphatic heterocycles. The fourth-order valence-electron chi connectivity index (χ4n) is 4.66. The van der Waals surface area contributed by atoms with Gasteiger partial charge in [-0.15, -0.1) is 0 Å². The fourth-order valence-corrected chi connectivity index (χ4v) is 6.08. The van der Waals surface area contributed by atoms with Gasteiger partial charge in [-0.1, -0.05) is 12.2 Å². The maximum Gasteiger partial charge on any atom is 0.243 e. The molecule has 2 heterocycles. The van der Waals surface area contributed by atoms with E-state index in [2.05, 4.69) is 0 Å². The third kappa shape index (κ3) is 4.67. The quantitative estimate of drug-likeness (QED) is 0.434. The molecule has 2 unspecified atom stereocenters. The van der Waals surface area contributed by atoms with Crippen LogP contribution < -0.4 is 4.74 Å². The highest BCUT2D eigenvalue weighted by atomic mass is 32.2. The number of benzene rings is 1. The summed E-state index contributed by atoms with van der Waals surface area (Å²) in [7, 11) is -3.66. The van der Waals surface area contributed by atoms with E-state index in [1.54, 1.807) is 17.0 Å². The molecule has 33 heavy (non-hydrogen) atoms. The van der Waals surface area contributed by atoms with E-state index in [1.807, 2.05) is 19.1 Å². The lowest BCUT2D eigenvalue weighted by Gasteiger charge is -2.34. The summed E-state index contributed by atoms with van der Waals surface area (Å²) in [5.74, 6) is -0.538. The number of sulfonamides is 1. The Morgan fingerprint density at radius 1 is 0.970 bits per heavy atom. The summed E-state index contributed by atoms with van der Waals surface area (Å²) in [5, 5.41) is 0. The van der Waals surface area contributed by atoms with Crippen LogP contribution in [-0.2, 0) is 24.4 Å². The van der Waals surface area contributed by atoms with E-state index in [4.69, 9.17) is 4.74 Å². The zero-order chi connectivity index (χ0) is 23.6. The number of hydrogen-bond donors (Lipinski definition) is 0. The van der Waals surface area contributed by atoms with Crippen LogP contribution in [0.3, 0.4) is 0 Å². The molecule has 9 nitrogen and oxygen atoms in total. The first-order valence-corrected chi connectivity index (χ1v) is 12.8. The predicted octanol–water partition coefficient (Wildman–Crippen LogP) is 1.26. The van der Waals surface area contributed by atoms with Gasteiger partial charge in [0.15, 0.2) is 0 Å². The molecule has 0 radical (unpaired) electrons. The largest absolute Gasteiger partial charge is 0.494 e. The van der Waals surface area contributed by atoms with Crippen LogP contribution in [0.25, 0.3) is 0 Å². The average molecular weight is 476 g/mol. The van der Waals surface area contributed by atoms with Crippen molar-refractivity contribution in [2.75, 3.05) is 39.3 Å². The Morgan fingerprint density at radius 2 is 1.55 bits per heavy atom. The summed E-state index contributed by atoms with van der Waals surface area (Å²) < 4.78 is 32.6. The van der Waals surface area contributed by atoms with Gasteiger partial charge in [0, 0.05) is 39.1 Å². The summed E-state index contributed by atoms with van der Waals surface area (Å²) >= 11 is 0. The highest BCUT2D eigenvalue weighted by Crippen LogP contribution is 2.35. The fraction of sp³-hybridized carbons (Fsp3) is 0.522. The minimum Gasteiger partial charge on any atom is -0.494 e. The zero-order valence-corrected chi connectivity index (χ0v) is 19.5. The monoisotopic (exact) mass is 475 g/mol. The van der Waals surface area contributed by atoms with Gasteiger partial charge in [-0.2, -0.15) is 4.31 Å². The molecule has 10 heteroatoms. The number of carbonyl (C=O) groups is 3. The third-order valence-corrected chi connectivity index (χ3v) is 8.42. The second-order valence-electron chi connectivity index (χ2n) is 8.42. The van der Waals surface area contributed by atoms with Gasteiger partial charge < -0.3 is 9.64 Å². The van der Waals surface area contributed by atoms with Gasteiger partial charge in [0.2, 0.25) is 27.7 Å². The molecule has 1 aromatic rings. The Bertz CT molecular complexity index is 1020. The smallest absolute Gasteiger partial charge is 0.243 e. The van der Waals surface area contributed by atoms with Crippen LogP contribution in [0.1, 0.15) is 26.2 Å². The molecule has 2 fully saturated rings. The van der Waals surface area contributed by atoms with Crippen molar-refractivity contribution in [1.82, 2.24) is 14.1 Å². The molecule has 2 atom stereocenters. The molecule has 0 saturated carbocycles. The maximum atomic E-state index is 12.9. The van der Waals surface area contributed by atoms with Crippen LogP contribution in [-0.4, -0.2) is 79.6 Å². The molecule has 2 saturated heterocycles. The summed E-state index contributed by atoms with van der Waals surface area (Å²) in [6.45, 7) is 3.36. The molecular formula is C23H29N3O6S. The highest BCUT2D eigenvalue weighted by molar-refractivity contribution is 7.89. The van der Waals surface area contributed by atoms with Crippen LogP contribution in [0.4, 0.5) is 0 Å². The number of imide groups is 1. The number of ether oxygens (including phenoxy) is 1. The lowest BCUT2D eigenvalue weighted by Crippen LogP contribution is -2.51. The van der Waals surface area contributed by atoms with Gasteiger partial charge in [-0.25, -0.2) is 8.42 Å². The van der Waals surface area contributed by atoms with Crippen LogP contribution in [0, 0.1) is 11.8 Å². The van der Waals surface area contributed by atoms with Gasteiger partial charge in [0.1, 0.15) is 5.75 Å². The predicted molar refractivity (Wildman–Crippen MR) is 120 cm³/mol. The van der Waals surface area contributed by atoms with Crippen molar-refractivity contribution in [2.45, 2.75) is 31.1 Å². The van der Waals surface area contributed by atoms with Crippen LogP contribution in [0.5, 0.6) is 5.75 Å². The first-order chi connectivity index (χ1) is 15.8. The SMILES string of the molecule is CCOc1ccc(S(=O)(=O)N2CCN(C(=O)CCN3C(=O)C4CC=CCC4C3=O)CC2)cc1. The Labute approximate surface area is 194 Å². The average Bonchev–Trinajstić information content (AvgIpc) is 3.08. The van der Waals surface area contributed by atoms with Crippen molar-refractivity contribution in [3.05, 3.63) is 36.4 Å². The van der Waals surface area contributed by atoms with Gasteiger partial charge in [0.25, 0.3) is 0 Å². The van der Waals surface area contributed by atoms with E-state index in [1.165, 1.54) is 21.3 Å². The molecule has 1 aromatic carbocycles. The van der Waals surface area contributed by atoms with Gasteiger partial charge in [-0.05, 0) is 44.0 Å². The van der Waals surface area contributed by atoms with Crippen molar-refractivity contribution < 1.29 is 27.5 Å². The molecule has 0 spiro atoms. The number of rotatable bonds is 7. The van der Waals surface area contributed by atoms with E-state index in [9.17, 15) is 22.8 Å². The highest BCUT2D eigenvalue weighted by Gasteiger charge is 2.47. The molecule has 3 aliphatic rings. The molecule has 1 aliphatic carbocycles. The molecule has 3 amide bonds. The number of amides is 3. The zero-order valence-electron chi connectivity index (χ0n) is 18.7. The van der Waals surface area contributed by atoms with Gasteiger partial charge in [-0.3, -0.25) is 19.3 Å². The Balaban J connectivity index is 1.29. The van der Waals surface area contributed by atoms with Crippen LogP contribution in [0.15, 0.2) is 41.3 Å². The number of fused-ring (bicyclic) bond motifs is 1. The van der Waals surface area contributed by atoms with Gasteiger partial charge in [0.05, 0.1) is 23.3 Å². The minimum atomic E-state index is -3.66. The van der Waals surface area contributed by atoms with Gasteiger partial charge >= 0.3 is 0 Å². The Kier molecular flexibility index (Phi) is 6.85. The molecular weight excluding hydrogens is 446 g/mol. The summed E-state index contributed by atoms with van der Waals surface area (Å²) in [4.78, 5) is 40.8. The van der Waals surface area contributed by atoms with E-state index in [0.29, 0.717) is 25.2 Å². The van der Waals surface area contributed by atoms with Crippen molar-refractivity contribution in [2.24, 2.45) is 11.8 Å². The van der Waals surface area contributed by atoms with Crippen molar-refractivity contribution in [1.29, 1.82) is 0 Å². The molecule has 0 bridgehead atoms. The number of hydrogen-bond acceptors (Lipinski definition) is 6. The molecule has 0 N–H and O–H groups in total. The lowest BCUT2D eigenvalue weighted by molar-refractivity contribution is -0.141. The summed E-state index contributed by atoms with van der Waals surface area (Å²) in [5.41, 5.74) is 0. The number of allylic oxidation sites excluding steroid dienone is 2. The van der Waals surface area contributed by atoms with E-state index >= 15 is 0 Å². The van der Waals surface area contributed by atoms with E-state index < -0.39 is 10.0 Å². The standard InChI is InChI=1S/C23H29N3O6S/c1-2-32-17-7-9-18(10-8-17)33(30,31)25-15-13-24(14-16-25)21(27)11-12-26-22(28)19-5-3-4-6-20(19)23(26)29/h3-4,7-10,19-20H,2,5-6,11-16H2,1H3. The minimum absolute atomic E-state index is 0.0516. The normalized spacial score (nSPS) is 23.7. The molecule has 178 valence electrons. The summed E-state index contributed by atoms with van der Waals surface area (Å²) in [6.07, 6.45) is 5.06. The molecule has 0 aromatic heterocycles. The number of likely N-dealkylation sites (tertiary alicyclic amines) is 1. The number of nitrogens with zero attached hydrogens (tertiary/aromatic N) is 3. The molecule has 4 rings (SSSR count). The second-order valence-corrected chi connectivity index (χ2v) is 10.4. The van der Waals surface area contributed by atoms with E-state index in [0.717, 1.165) is 0 Å². The Hall–Kier alpha value is -2.72. The van der Waals surface area contributed by atoms with Crippen molar-refractivity contribution >= 4 is 27.7 Å². The van der Waals surface area contributed by atoms with E-state index in [-0.39, 0.29) is 73.6 Å². The topological polar surface area (TPSA) is 104 Å². The maximum absolute atomic E-state index is 12.9. The second kappa shape index (κ2) is 9.64. The summed E-state index contributed by atoms with van der Waals surface area (Å²) in [6, 6.07) is 6.30. The van der Waals surface area contributed by atoms with Crippen molar-refractivity contribution in [3.8, 4) is 5.75 Å². The third-order valence-electron chi connectivity index (χ3n) is 6.51. The first-order valence-electron chi connectivity index (χ1n) is 11.3. The van der Waals surface area contributed by atoms with Crippen LogP contribution in [0.2, 0.25) is 0 Å². The van der Waals surface area contributed by atoms with Crippen molar-refractivity contribution in [3.63, 3.8) is 0 Å². The van der Waals surface area contributed by atoms with Crippen LogP contribution >= 0.6 is 0 Å². The lowest BCUT2D eigenvalue weighted by atomic mass is 9.85. The first kappa shape index (κ1) is 23.4. The number of piperazine rings is 1.